The van der Waals surface area contributed by atoms with Crippen LogP contribution in [-0.2, 0) is 0 Å². The van der Waals surface area contributed by atoms with Gasteiger partial charge in [-0.2, -0.15) is 9.78 Å². The number of carbonyl (C=O) groups excluding carboxylic acids is 1. The average Bonchev–Trinajstić information content (AvgIpc) is 3.45. The highest BCUT2D eigenvalue weighted by molar-refractivity contribution is 5.98. The van der Waals surface area contributed by atoms with Crippen LogP contribution in [0.1, 0.15) is 21.6 Å². The van der Waals surface area contributed by atoms with Crippen molar-refractivity contribution in [1.82, 2.24) is 30.7 Å². The molecule has 3 N–H and O–H groups in total. The molecule has 0 spiro atoms. The Morgan fingerprint density at radius 2 is 1.88 bits per heavy atom. The quantitative estimate of drug-likeness (QED) is 0.319. The average molecular weight is 448 g/mol. The van der Waals surface area contributed by atoms with Crippen LogP contribution in [0.2, 0.25) is 0 Å². The fraction of sp³-hybridized carbons (Fsp3) is 0.143. The lowest BCUT2D eigenvalue weighted by Crippen LogP contribution is -2.19. The van der Waals surface area contributed by atoms with Gasteiger partial charge in [-0.15, -0.1) is 5.10 Å². The first-order valence-electron chi connectivity index (χ1n) is 9.68. The Bertz CT molecular complexity index is 1310. The van der Waals surface area contributed by atoms with E-state index in [0.717, 1.165) is 5.56 Å². The normalized spacial score (nSPS) is 11.0. The molecule has 2 aromatic heterocycles. The summed E-state index contributed by atoms with van der Waals surface area (Å²) >= 11 is 0. The molecule has 0 bridgehead atoms. The van der Waals surface area contributed by atoms with Crippen LogP contribution >= 0.6 is 0 Å². The molecule has 2 heterocycles. The van der Waals surface area contributed by atoms with Gasteiger partial charge in [-0.1, -0.05) is 35.0 Å². The van der Waals surface area contributed by atoms with Gasteiger partial charge >= 0.3 is 0 Å². The van der Waals surface area contributed by atoms with E-state index in [9.17, 15) is 4.79 Å². The van der Waals surface area contributed by atoms with Gasteiger partial charge in [0.05, 0.1) is 20.4 Å². The van der Waals surface area contributed by atoms with Gasteiger partial charge in [0.1, 0.15) is 5.69 Å². The minimum absolute atomic E-state index is 0.00620. The van der Waals surface area contributed by atoms with Crippen molar-refractivity contribution >= 4 is 17.9 Å². The van der Waals surface area contributed by atoms with E-state index in [1.807, 2.05) is 31.2 Å². The molecule has 0 fully saturated rings. The molecule has 0 aliphatic heterocycles. The van der Waals surface area contributed by atoms with E-state index >= 15 is 0 Å². The van der Waals surface area contributed by atoms with Crippen LogP contribution in [0.15, 0.2) is 52.2 Å². The Labute approximate surface area is 188 Å². The van der Waals surface area contributed by atoms with E-state index in [2.05, 4.69) is 35.8 Å². The van der Waals surface area contributed by atoms with Crippen LogP contribution in [0.4, 0.5) is 5.82 Å². The summed E-state index contributed by atoms with van der Waals surface area (Å²) in [4.78, 5) is 12.9. The minimum Gasteiger partial charge on any atom is -0.493 e. The molecule has 1 amide bonds. The maximum atomic E-state index is 12.9. The molecule has 0 saturated heterocycles. The summed E-state index contributed by atoms with van der Waals surface area (Å²) in [5.74, 6) is 0.664. The van der Waals surface area contributed by atoms with Crippen molar-refractivity contribution in [2.24, 2.45) is 5.10 Å². The lowest BCUT2D eigenvalue weighted by molar-refractivity contribution is 0.0950. The Morgan fingerprint density at radius 1 is 1.12 bits per heavy atom. The van der Waals surface area contributed by atoms with Crippen LogP contribution in [-0.4, -0.2) is 51.6 Å². The van der Waals surface area contributed by atoms with Crippen molar-refractivity contribution in [2.45, 2.75) is 6.92 Å². The molecule has 0 saturated carbocycles. The summed E-state index contributed by atoms with van der Waals surface area (Å²) in [7, 11) is 3.08. The number of aromatic nitrogens is 5. The Balaban J connectivity index is 1.64. The topological polar surface area (TPSA) is 156 Å². The smallest absolute Gasteiger partial charge is 0.294 e. The van der Waals surface area contributed by atoms with Crippen molar-refractivity contribution in [3.8, 4) is 28.6 Å². The van der Waals surface area contributed by atoms with Gasteiger partial charge in [0, 0.05) is 5.56 Å². The zero-order valence-corrected chi connectivity index (χ0v) is 18.0. The maximum Gasteiger partial charge on any atom is 0.294 e. The van der Waals surface area contributed by atoms with E-state index in [4.69, 9.17) is 15.2 Å². The predicted molar refractivity (Wildman–Crippen MR) is 118 cm³/mol. The molecule has 168 valence electrons. The highest BCUT2D eigenvalue weighted by atomic mass is 16.6. The summed E-state index contributed by atoms with van der Waals surface area (Å²) in [6, 6.07) is 12.7. The number of hydrogen-bond acceptors (Lipinski definition) is 10. The predicted octanol–water partition coefficient (Wildman–Crippen LogP) is 1.99. The standard InChI is InChI=1S/C21H20N8O4/c1-12-4-7-14(8-5-12)18-17(24-28-29(18)20-19(22)26-33-27-20)21(30)25-23-11-13-6-9-15(31-2)16(10-13)32-3/h4-11H,1-3H3,(H2,22,26)(H,25,30). The molecule has 4 rings (SSSR count). The number of rotatable bonds is 7. The number of nitrogens with two attached hydrogens (primary N) is 1. The highest BCUT2D eigenvalue weighted by Crippen LogP contribution is 2.28. The molecule has 0 aliphatic carbocycles. The Kier molecular flexibility index (Phi) is 5.98. The summed E-state index contributed by atoms with van der Waals surface area (Å²) in [6.07, 6.45) is 1.47. The SMILES string of the molecule is COc1ccc(C=NNC(=O)c2nnn(-c3nonc3N)c2-c2ccc(C)cc2)cc1OC. The van der Waals surface area contributed by atoms with Crippen LogP contribution in [0.25, 0.3) is 17.1 Å². The van der Waals surface area contributed by atoms with Gasteiger partial charge in [-0.25, -0.2) is 10.1 Å². The Morgan fingerprint density at radius 3 is 2.55 bits per heavy atom. The molecule has 0 radical (unpaired) electrons. The van der Waals surface area contributed by atoms with Crippen molar-refractivity contribution in [3.05, 3.63) is 59.3 Å². The monoisotopic (exact) mass is 448 g/mol. The number of amides is 1. The third kappa shape index (κ3) is 4.35. The number of aryl methyl sites for hydroxylation is 1. The second-order valence-corrected chi connectivity index (χ2v) is 6.85. The van der Waals surface area contributed by atoms with Gasteiger partial charge in [0.25, 0.3) is 5.91 Å². The number of nitrogen functional groups attached to an aromatic ring is 1. The number of hydrogen-bond donors (Lipinski definition) is 2. The zero-order valence-electron chi connectivity index (χ0n) is 18.0. The fourth-order valence-electron chi connectivity index (χ4n) is 3.04. The summed E-state index contributed by atoms with van der Waals surface area (Å²) in [6.45, 7) is 1.95. The van der Waals surface area contributed by atoms with Crippen LogP contribution in [0, 0.1) is 6.92 Å². The number of methoxy groups -OCH3 is 2. The van der Waals surface area contributed by atoms with Crippen LogP contribution in [0.5, 0.6) is 11.5 Å². The van der Waals surface area contributed by atoms with E-state index in [-0.39, 0.29) is 17.3 Å². The summed E-state index contributed by atoms with van der Waals surface area (Å²) in [5.41, 5.74) is 11.1. The molecule has 12 heteroatoms. The number of nitrogens with one attached hydrogen (secondary N) is 1. The largest absolute Gasteiger partial charge is 0.493 e. The number of nitrogens with zero attached hydrogens (tertiary/aromatic N) is 6. The van der Waals surface area contributed by atoms with Gasteiger partial charge in [-0.3, -0.25) is 4.79 Å². The number of carbonyl (C=O) groups is 1. The van der Waals surface area contributed by atoms with Crippen molar-refractivity contribution < 1.29 is 18.9 Å². The van der Waals surface area contributed by atoms with Gasteiger partial charge in [0.2, 0.25) is 11.6 Å². The van der Waals surface area contributed by atoms with Crippen LogP contribution in [0.3, 0.4) is 0 Å². The molecular weight excluding hydrogens is 428 g/mol. The van der Waals surface area contributed by atoms with Crippen molar-refractivity contribution in [3.63, 3.8) is 0 Å². The zero-order chi connectivity index (χ0) is 23.4. The molecule has 33 heavy (non-hydrogen) atoms. The first kappa shape index (κ1) is 21.5. The van der Waals surface area contributed by atoms with E-state index in [1.54, 1.807) is 25.3 Å². The second-order valence-electron chi connectivity index (χ2n) is 6.85. The Hall–Kier alpha value is -4.74. The van der Waals surface area contributed by atoms with Gasteiger partial charge < -0.3 is 15.2 Å². The fourth-order valence-corrected chi connectivity index (χ4v) is 3.04. The van der Waals surface area contributed by atoms with E-state index < -0.39 is 5.91 Å². The number of anilines is 1. The molecule has 2 aromatic carbocycles. The first-order valence-corrected chi connectivity index (χ1v) is 9.68. The lowest BCUT2D eigenvalue weighted by Gasteiger charge is -2.07. The molecule has 0 aliphatic rings. The molecule has 12 nitrogen and oxygen atoms in total. The highest BCUT2D eigenvalue weighted by Gasteiger charge is 2.25. The van der Waals surface area contributed by atoms with Gasteiger partial charge in [-0.05, 0) is 41.0 Å². The second kappa shape index (κ2) is 9.18. The van der Waals surface area contributed by atoms with Crippen molar-refractivity contribution in [1.29, 1.82) is 0 Å². The first-order chi connectivity index (χ1) is 16.0. The number of ether oxygens (including phenoxy) is 2. The molecule has 0 unspecified atom stereocenters. The molecule has 0 atom stereocenters. The number of benzene rings is 2. The third-order valence-corrected chi connectivity index (χ3v) is 4.69. The number of hydrazone groups is 1. The minimum atomic E-state index is -0.580. The van der Waals surface area contributed by atoms with Gasteiger partial charge in [0.15, 0.2) is 17.2 Å². The van der Waals surface area contributed by atoms with E-state index in [0.29, 0.717) is 28.3 Å². The summed E-state index contributed by atoms with van der Waals surface area (Å²) in [5, 5.41) is 19.4. The molecule has 4 aromatic rings. The van der Waals surface area contributed by atoms with Crippen LogP contribution < -0.4 is 20.6 Å². The van der Waals surface area contributed by atoms with Crippen molar-refractivity contribution in [2.75, 3.05) is 20.0 Å². The third-order valence-electron chi connectivity index (χ3n) is 4.69. The maximum absolute atomic E-state index is 12.9. The lowest BCUT2D eigenvalue weighted by atomic mass is 10.1. The molecular formula is C21H20N8O4. The van der Waals surface area contributed by atoms with E-state index in [1.165, 1.54) is 18.0 Å². The summed E-state index contributed by atoms with van der Waals surface area (Å²) < 4.78 is 16.5.